The van der Waals surface area contributed by atoms with Crippen LogP contribution < -0.4 is 32.2 Å². The van der Waals surface area contributed by atoms with Crippen LogP contribution in [0.1, 0.15) is 35.5 Å². The van der Waals surface area contributed by atoms with Gasteiger partial charge in [-0.2, -0.15) is 13.2 Å². The van der Waals surface area contributed by atoms with Gasteiger partial charge >= 0.3 is 6.18 Å². The maximum Gasteiger partial charge on any atom is 0.401 e. The Hall–Kier alpha value is -4.39. The first-order chi connectivity index (χ1) is 18.3. The smallest absolute Gasteiger partial charge is 0.401 e. The third-order valence-electron chi connectivity index (χ3n) is 7.20. The van der Waals surface area contributed by atoms with Crippen molar-refractivity contribution in [1.82, 2.24) is 15.8 Å². The second kappa shape index (κ2) is 9.12. The topological polar surface area (TPSA) is 130 Å². The van der Waals surface area contributed by atoms with Crippen molar-refractivity contribution in [2.24, 2.45) is 5.73 Å². The average molecular weight is 545 g/mol. The van der Waals surface area contributed by atoms with Crippen LogP contribution in [0, 0.1) is 5.82 Å². The van der Waals surface area contributed by atoms with E-state index in [1.54, 1.807) is 6.07 Å². The van der Waals surface area contributed by atoms with Crippen LogP contribution in [0.4, 0.5) is 28.9 Å². The maximum absolute atomic E-state index is 14.7. The molecule has 0 saturated heterocycles. The van der Waals surface area contributed by atoms with E-state index < -0.39 is 46.9 Å². The van der Waals surface area contributed by atoms with Crippen LogP contribution in [0.5, 0.6) is 5.75 Å². The molecule has 0 spiro atoms. The number of rotatable bonds is 6. The van der Waals surface area contributed by atoms with Crippen LogP contribution in [0.2, 0.25) is 0 Å². The second-order valence-electron chi connectivity index (χ2n) is 9.87. The Morgan fingerprint density at radius 2 is 1.79 bits per heavy atom. The van der Waals surface area contributed by atoms with Crippen LogP contribution in [-0.4, -0.2) is 36.1 Å². The molecule has 0 aliphatic carbocycles. The maximum atomic E-state index is 14.7. The number of hydrogen-bond acceptors (Lipinski definition) is 7. The van der Waals surface area contributed by atoms with Gasteiger partial charge < -0.3 is 26.6 Å². The monoisotopic (exact) mass is 544 g/mol. The van der Waals surface area contributed by atoms with E-state index in [4.69, 9.17) is 10.5 Å². The highest BCUT2D eigenvalue weighted by atomic mass is 19.4. The number of benzene rings is 2. The number of amides is 2. The molecule has 0 radical (unpaired) electrons. The van der Waals surface area contributed by atoms with Gasteiger partial charge in [-0.25, -0.2) is 9.37 Å². The van der Waals surface area contributed by atoms with Gasteiger partial charge in [-0.05, 0) is 62.4 Å². The highest BCUT2D eigenvalue weighted by Gasteiger charge is 2.55. The third-order valence-corrected chi connectivity index (χ3v) is 7.20. The molecule has 0 fully saturated rings. The Bertz CT molecular complexity index is 1480. The van der Waals surface area contributed by atoms with Crippen molar-refractivity contribution in [2.45, 2.75) is 30.9 Å². The van der Waals surface area contributed by atoms with Gasteiger partial charge in [0.2, 0.25) is 5.91 Å². The van der Waals surface area contributed by atoms with E-state index >= 15 is 0 Å². The lowest BCUT2D eigenvalue weighted by molar-refractivity contribution is -0.184. The minimum Gasteiger partial charge on any atom is -0.489 e. The molecule has 39 heavy (non-hydrogen) atoms. The number of primary amides is 1. The van der Waals surface area contributed by atoms with Crippen LogP contribution in [0.15, 0.2) is 48.5 Å². The number of nitrogens with two attached hydrogens (primary N) is 1. The van der Waals surface area contributed by atoms with Crippen LogP contribution in [0.3, 0.4) is 0 Å². The van der Waals surface area contributed by atoms with E-state index in [9.17, 15) is 27.2 Å². The number of hydrogen-bond donors (Lipinski definition) is 5. The first-order valence-corrected chi connectivity index (χ1v) is 11.8. The molecule has 0 bridgehead atoms. The number of halogens is 4. The summed E-state index contributed by atoms with van der Waals surface area (Å²) in [7, 11) is 0. The van der Waals surface area contributed by atoms with E-state index in [2.05, 4.69) is 26.7 Å². The lowest BCUT2D eigenvalue weighted by atomic mass is 9.79. The zero-order valence-electron chi connectivity index (χ0n) is 20.8. The first-order valence-electron chi connectivity index (χ1n) is 11.8. The number of nitrogens with one attached hydrogen (secondary N) is 4. The van der Waals surface area contributed by atoms with Gasteiger partial charge in [-0.3, -0.25) is 9.59 Å². The summed E-state index contributed by atoms with van der Waals surface area (Å²) in [6.45, 7) is 1.31. The number of nitrogens with zero attached hydrogens (tertiary/aromatic N) is 1. The molecule has 2 aliphatic heterocycles. The van der Waals surface area contributed by atoms with Gasteiger partial charge in [0.15, 0.2) is 0 Å². The molecular formula is C26H24F4N6O3. The molecule has 3 aromatic rings. The summed E-state index contributed by atoms with van der Waals surface area (Å²) in [5, 5.41) is 2.37. The predicted molar refractivity (Wildman–Crippen MR) is 134 cm³/mol. The number of alkyl halides is 3. The number of aromatic nitrogens is 1. The van der Waals surface area contributed by atoms with E-state index in [0.717, 1.165) is 25.1 Å². The summed E-state index contributed by atoms with van der Waals surface area (Å²) < 4.78 is 63.5. The van der Waals surface area contributed by atoms with Crippen molar-refractivity contribution in [1.29, 1.82) is 0 Å². The van der Waals surface area contributed by atoms with Crippen molar-refractivity contribution in [3.63, 3.8) is 0 Å². The quantitative estimate of drug-likeness (QED) is 0.300. The van der Waals surface area contributed by atoms with Gasteiger partial charge in [0, 0.05) is 23.2 Å². The minimum absolute atomic E-state index is 0.000951. The van der Waals surface area contributed by atoms with Gasteiger partial charge in [-0.1, -0.05) is 0 Å². The molecule has 0 saturated carbocycles. The molecule has 3 heterocycles. The molecule has 2 amide bonds. The highest BCUT2D eigenvalue weighted by molar-refractivity contribution is 5.96. The summed E-state index contributed by atoms with van der Waals surface area (Å²) in [4.78, 5) is 29.5. The zero-order chi connectivity index (χ0) is 28.2. The Morgan fingerprint density at radius 3 is 2.46 bits per heavy atom. The molecule has 2 aliphatic rings. The van der Waals surface area contributed by atoms with Gasteiger partial charge in [0.25, 0.3) is 5.91 Å². The molecule has 0 unspecified atom stereocenters. The molecule has 5 rings (SSSR count). The molecular weight excluding hydrogens is 520 g/mol. The van der Waals surface area contributed by atoms with E-state index in [1.807, 2.05) is 0 Å². The van der Waals surface area contributed by atoms with Gasteiger partial charge in [-0.15, -0.1) is 5.53 Å². The fourth-order valence-corrected chi connectivity index (χ4v) is 4.43. The normalized spacial score (nSPS) is 19.1. The predicted octanol–water partition coefficient (Wildman–Crippen LogP) is 3.53. The van der Waals surface area contributed by atoms with Crippen molar-refractivity contribution in [3.05, 3.63) is 71.2 Å². The Balaban J connectivity index is 1.58. The van der Waals surface area contributed by atoms with Crippen molar-refractivity contribution < 1.29 is 31.9 Å². The average Bonchev–Trinajstić information content (AvgIpc) is 3.51. The van der Waals surface area contributed by atoms with Crippen LogP contribution in [-0.2, 0) is 15.6 Å². The third kappa shape index (κ3) is 4.38. The van der Waals surface area contributed by atoms with Crippen LogP contribution >= 0.6 is 0 Å². The molecule has 6 N–H and O–H groups in total. The molecule has 13 heteroatoms. The first kappa shape index (κ1) is 26.2. The lowest BCUT2D eigenvalue weighted by Crippen LogP contribution is -2.49. The van der Waals surface area contributed by atoms with Crippen molar-refractivity contribution in [2.75, 3.05) is 24.0 Å². The second-order valence-corrected chi connectivity index (χ2v) is 9.87. The van der Waals surface area contributed by atoms with Gasteiger partial charge in [0.1, 0.15) is 34.7 Å². The molecule has 2 aromatic carbocycles. The van der Waals surface area contributed by atoms with Gasteiger partial charge in [0.05, 0.1) is 17.1 Å². The largest absolute Gasteiger partial charge is 0.489 e. The Labute approximate surface area is 220 Å². The number of pyridine rings is 1. The highest BCUT2D eigenvalue weighted by Crippen LogP contribution is 2.48. The summed E-state index contributed by atoms with van der Waals surface area (Å²) in [6, 6.07) is 10.7. The summed E-state index contributed by atoms with van der Waals surface area (Å²) in [5.74, 6) is -1.98. The molecule has 1 aromatic heterocycles. The fourth-order valence-electron chi connectivity index (χ4n) is 4.43. The Morgan fingerprint density at radius 1 is 1.10 bits per heavy atom. The van der Waals surface area contributed by atoms with E-state index in [1.165, 1.54) is 31.2 Å². The molecule has 204 valence electrons. The minimum atomic E-state index is -4.88. The van der Waals surface area contributed by atoms with Crippen molar-refractivity contribution in [3.8, 4) is 17.0 Å². The standard InChI is InChI=1S/C26H24F4N6O3/c1-24(23(31)38)12-39-21-16(24)10-19(33-20(21)13-3-6-15(27)7-4-13)25(2,26(28,29)30)11-32-22(37)14-5-8-17-18(9-14)35-36-34-17/h3-10,34-36H,11-12H2,1-2H3,(H2,31,38)(H,32,37)/t24-,25+/m0/s1. The number of carbonyl (C=O) groups excluding carboxylic acids is 2. The summed E-state index contributed by atoms with van der Waals surface area (Å²) in [5.41, 5.74) is 11.0. The summed E-state index contributed by atoms with van der Waals surface area (Å²) in [6.07, 6.45) is -4.88. The number of anilines is 2. The van der Waals surface area contributed by atoms with Crippen LogP contribution in [0.25, 0.3) is 11.3 Å². The van der Waals surface area contributed by atoms with E-state index in [-0.39, 0.29) is 34.7 Å². The fraction of sp³-hybridized carbons (Fsp3) is 0.269. The van der Waals surface area contributed by atoms with E-state index in [0.29, 0.717) is 11.4 Å². The number of ether oxygens (including phenoxy) is 1. The zero-order valence-corrected chi connectivity index (χ0v) is 20.8. The van der Waals surface area contributed by atoms with Crippen molar-refractivity contribution >= 4 is 23.2 Å². The number of carbonyl (C=O) groups is 2. The SMILES string of the molecule is C[C@]1(C(N)=O)COc2c1cc([C@@](C)(CNC(=O)c1ccc3c(c1)NNN3)C(F)(F)F)nc2-c1ccc(F)cc1. The number of fused-ring (bicyclic) bond motifs is 2. The lowest BCUT2D eigenvalue weighted by Gasteiger charge is -2.33. The Kier molecular flexibility index (Phi) is 6.13. The molecule has 9 nitrogen and oxygen atoms in total. The molecule has 2 atom stereocenters. The number of hydrazine groups is 2. The summed E-state index contributed by atoms with van der Waals surface area (Å²) >= 11 is 0.